The second-order valence-electron chi connectivity index (χ2n) is 4.92. The largest absolute Gasteiger partial charge is 0.488 e. The number of hydrogen-bond acceptors (Lipinski definition) is 2. The summed E-state index contributed by atoms with van der Waals surface area (Å²) in [6.45, 7) is 3.73. The van der Waals surface area contributed by atoms with E-state index in [1.165, 1.54) is 12.1 Å². The van der Waals surface area contributed by atoms with Crippen molar-refractivity contribution in [2.24, 2.45) is 5.73 Å². The first-order valence-corrected chi connectivity index (χ1v) is 6.40. The first-order valence-electron chi connectivity index (χ1n) is 6.40. The molecule has 0 bridgehead atoms. The van der Waals surface area contributed by atoms with E-state index in [1.807, 2.05) is 13.8 Å². The lowest BCUT2D eigenvalue weighted by molar-refractivity contribution is 0.300. The highest BCUT2D eigenvalue weighted by Gasteiger charge is 2.09. The third-order valence-electron chi connectivity index (χ3n) is 3.08. The summed E-state index contributed by atoms with van der Waals surface area (Å²) < 4.78 is 31.9. The molecule has 0 heterocycles. The molecule has 0 atom stereocenters. The Morgan fingerprint density at radius 2 is 1.57 bits per heavy atom. The van der Waals surface area contributed by atoms with Gasteiger partial charge < -0.3 is 10.5 Å². The molecule has 2 aromatic rings. The average Bonchev–Trinajstić information content (AvgIpc) is 2.36. The number of hydrogen-bond donors (Lipinski definition) is 2. The smallest absolute Gasteiger partial charge is 0.126 e. The predicted octanol–water partition coefficient (Wildman–Crippen LogP) is 3.44. The van der Waals surface area contributed by atoms with Gasteiger partial charge in [0, 0.05) is 11.6 Å². The third kappa shape index (κ3) is 3.56. The van der Waals surface area contributed by atoms with E-state index in [2.05, 4.69) is 0 Å². The van der Waals surface area contributed by atoms with Gasteiger partial charge in [-0.3, -0.25) is 5.41 Å². The molecular weight excluding hydrogens is 274 g/mol. The van der Waals surface area contributed by atoms with E-state index >= 15 is 0 Å². The van der Waals surface area contributed by atoms with Crippen molar-refractivity contribution < 1.29 is 13.5 Å². The highest BCUT2D eigenvalue weighted by Crippen LogP contribution is 2.26. The Bertz CT molecular complexity index is 655. The maximum Gasteiger partial charge on any atom is 0.126 e. The topological polar surface area (TPSA) is 59.1 Å². The van der Waals surface area contributed by atoms with Crippen LogP contribution in [0.3, 0.4) is 0 Å². The number of aryl methyl sites for hydroxylation is 2. The molecule has 3 N–H and O–H groups in total. The van der Waals surface area contributed by atoms with Crippen LogP contribution in [0.4, 0.5) is 8.78 Å². The molecule has 0 amide bonds. The van der Waals surface area contributed by atoms with E-state index in [-0.39, 0.29) is 12.4 Å². The molecule has 110 valence electrons. The van der Waals surface area contributed by atoms with E-state index in [0.717, 1.165) is 17.2 Å². The van der Waals surface area contributed by atoms with Crippen molar-refractivity contribution in [3.05, 3.63) is 64.2 Å². The quantitative estimate of drug-likeness (QED) is 0.669. The van der Waals surface area contributed by atoms with Crippen molar-refractivity contribution in [3.63, 3.8) is 0 Å². The van der Waals surface area contributed by atoms with Crippen LogP contribution in [0.1, 0.15) is 22.3 Å². The number of ether oxygens (including phenoxy) is 1. The maximum atomic E-state index is 13.1. The Balaban J connectivity index is 2.22. The summed E-state index contributed by atoms with van der Waals surface area (Å²) in [5.41, 5.74) is 8.13. The molecule has 0 unspecified atom stereocenters. The molecule has 2 rings (SSSR count). The van der Waals surface area contributed by atoms with Crippen LogP contribution in [0.25, 0.3) is 0 Å². The second-order valence-corrected chi connectivity index (χ2v) is 4.92. The van der Waals surface area contributed by atoms with Crippen LogP contribution in [0.5, 0.6) is 5.75 Å². The van der Waals surface area contributed by atoms with Crippen LogP contribution >= 0.6 is 0 Å². The molecule has 3 nitrogen and oxygen atoms in total. The van der Waals surface area contributed by atoms with E-state index < -0.39 is 11.6 Å². The van der Waals surface area contributed by atoms with Gasteiger partial charge in [-0.15, -0.1) is 0 Å². The molecule has 0 spiro atoms. The summed E-state index contributed by atoms with van der Waals surface area (Å²) in [4.78, 5) is 0. The predicted molar refractivity (Wildman–Crippen MR) is 77.6 cm³/mol. The van der Waals surface area contributed by atoms with Crippen molar-refractivity contribution in [1.82, 2.24) is 0 Å². The summed E-state index contributed by atoms with van der Waals surface area (Å²) in [5, 5.41) is 7.44. The maximum absolute atomic E-state index is 13.1. The number of amidine groups is 1. The zero-order valence-corrected chi connectivity index (χ0v) is 11.8. The summed E-state index contributed by atoms with van der Waals surface area (Å²) in [5.74, 6) is -0.646. The molecule has 0 aromatic heterocycles. The van der Waals surface area contributed by atoms with Gasteiger partial charge in [-0.25, -0.2) is 8.78 Å². The second kappa shape index (κ2) is 5.91. The van der Waals surface area contributed by atoms with Crippen molar-refractivity contribution >= 4 is 5.84 Å². The molecule has 5 heteroatoms. The monoisotopic (exact) mass is 290 g/mol. The van der Waals surface area contributed by atoms with Gasteiger partial charge in [0.15, 0.2) is 0 Å². The van der Waals surface area contributed by atoms with Gasteiger partial charge >= 0.3 is 0 Å². The van der Waals surface area contributed by atoms with E-state index in [4.69, 9.17) is 15.9 Å². The molecule has 0 aliphatic carbocycles. The van der Waals surface area contributed by atoms with Crippen LogP contribution in [-0.2, 0) is 6.61 Å². The highest BCUT2D eigenvalue weighted by molar-refractivity contribution is 5.95. The molecule has 2 aromatic carbocycles. The molecule has 21 heavy (non-hydrogen) atoms. The van der Waals surface area contributed by atoms with Gasteiger partial charge in [-0.2, -0.15) is 0 Å². The van der Waals surface area contributed by atoms with Crippen LogP contribution < -0.4 is 10.5 Å². The Kier molecular flexibility index (Phi) is 4.21. The molecule has 0 saturated carbocycles. The SMILES string of the molecule is Cc1cc(C(=N)N)cc(C)c1OCc1cc(F)cc(F)c1. The standard InChI is InChI=1S/C16H16F2N2O/c1-9-3-12(16(19)20)4-10(2)15(9)21-8-11-5-13(17)7-14(18)6-11/h3-7H,8H2,1-2H3,(H3,19,20). The lowest BCUT2D eigenvalue weighted by Gasteiger charge is -2.14. The van der Waals surface area contributed by atoms with E-state index in [1.54, 1.807) is 12.1 Å². The molecule has 0 fully saturated rings. The van der Waals surface area contributed by atoms with Gasteiger partial charge in [-0.1, -0.05) is 0 Å². The zero-order chi connectivity index (χ0) is 15.6. The number of benzene rings is 2. The van der Waals surface area contributed by atoms with Crippen LogP contribution in [0, 0.1) is 30.9 Å². The molecular formula is C16H16F2N2O. The van der Waals surface area contributed by atoms with Gasteiger partial charge in [-0.05, 0) is 54.8 Å². The molecule has 0 saturated heterocycles. The first-order chi connectivity index (χ1) is 9.86. The Hall–Kier alpha value is -2.43. The Labute approximate surface area is 121 Å². The number of rotatable bonds is 4. The summed E-state index contributed by atoms with van der Waals surface area (Å²) in [6.07, 6.45) is 0. The van der Waals surface area contributed by atoms with Gasteiger partial charge in [0.1, 0.15) is 29.8 Å². The fourth-order valence-corrected chi connectivity index (χ4v) is 2.18. The fraction of sp³-hybridized carbons (Fsp3) is 0.188. The van der Waals surface area contributed by atoms with E-state index in [9.17, 15) is 8.78 Å². The number of nitrogens with two attached hydrogens (primary N) is 1. The van der Waals surface area contributed by atoms with Crippen molar-refractivity contribution in [2.45, 2.75) is 20.5 Å². The molecule has 0 aliphatic heterocycles. The van der Waals surface area contributed by atoms with Gasteiger partial charge in [0.05, 0.1) is 0 Å². The Morgan fingerprint density at radius 3 is 2.05 bits per heavy atom. The Morgan fingerprint density at radius 1 is 1.05 bits per heavy atom. The highest BCUT2D eigenvalue weighted by atomic mass is 19.1. The summed E-state index contributed by atoms with van der Waals surface area (Å²) >= 11 is 0. The van der Waals surface area contributed by atoms with E-state index in [0.29, 0.717) is 16.9 Å². The fourth-order valence-electron chi connectivity index (χ4n) is 2.18. The zero-order valence-electron chi connectivity index (χ0n) is 11.8. The van der Waals surface area contributed by atoms with Crippen molar-refractivity contribution in [3.8, 4) is 5.75 Å². The summed E-state index contributed by atoms with van der Waals surface area (Å²) in [7, 11) is 0. The minimum atomic E-state index is -0.631. The average molecular weight is 290 g/mol. The minimum Gasteiger partial charge on any atom is -0.488 e. The number of nitrogens with one attached hydrogen (secondary N) is 1. The van der Waals surface area contributed by atoms with Crippen LogP contribution in [-0.4, -0.2) is 5.84 Å². The van der Waals surface area contributed by atoms with Crippen LogP contribution in [0.15, 0.2) is 30.3 Å². The number of halogens is 2. The first kappa shape index (κ1) is 15.0. The lowest BCUT2D eigenvalue weighted by atomic mass is 10.1. The number of nitrogen functional groups attached to an aromatic ring is 1. The lowest BCUT2D eigenvalue weighted by Crippen LogP contribution is -2.12. The van der Waals surface area contributed by atoms with Crippen molar-refractivity contribution in [2.75, 3.05) is 0 Å². The van der Waals surface area contributed by atoms with Gasteiger partial charge in [0.2, 0.25) is 0 Å². The van der Waals surface area contributed by atoms with Crippen molar-refractivity contribution in [1.29, 1.82) is 5.41 Å². The molecule has 0 radical (unpaired) electrons. The van der Waals surface area contributed by atoms with Gasteiger partial charge in [0.25, 0.3) is 0 Å². The third-order valence-corrected chi connectivity index (χ3v) is 3.08. The molecule has 0 aliphatic rings. The van der Waals surface area contributed by atoms with Crippen LogP contribution in [0.2, 0.25) is 0 Å². The summed E-state index contributed by atoms with van der Waals surface area (Å²) in [6, 6.07) is 6.78. The normalized spacial score (nSPS) is 10.5. The minimum absolute atomic E-state index is 0.0139.